The number of esters is 1. The summed E-state index contributed by atoms with van der Waals surface area (Å²) in [6, 6.07) is 6.21. The Morgan fingerprint density at radius 1 is 1.15 bits per heavy atom. The highest BCUT2D eigenvalue weighted by molar-refractivity contribution is 6.40. The number of ether oxygens (including phenoxy) is 1. The lowest BCUT2D eigenvalue weighted by Gasteiger charge is -2.07. The van der Waals surface area contributed by atoms with Gasteiger partial charge in [0.1, 0.15) is 0 Å². The minimum atomic E-state index is -0.636. The molecule has 0 heterocycles. The van der Waals surface area contributed by atoms with Gasteiger partial charge in [-0.1, -0.05) is 13.8 Å². The average molecular weight is 277 g/mol. The van der Waals surface area contributed by atoms with Gasteiger partial charge in [-0.25, -0.2) is 4.79 Å². The van der Waals surface area contributed by atoms with E-state index in [-0.39, 0.29) is 12.3 Å². The molecule has 1 aromatic carbocycles. The molecular weight excluding hydrogens is 258 g/mol. The molecule has 1 rings (SSSR count). The van der Waals surface area contributed by atoms with Crippen LogP contribution in [0.2, 0.25) is 0 Å². The summed E-state index contributed by atoms with van der Waals surface area (Å²) in [7, 11) is 0. The molecule has 0 aromatic heterocycles. The molecule has 20 heavy (non-hydrogen) atoms. The second kappa shape index (κ2) is 7.43. The Morgan fingerprint density at radius 2 is 1.75 bits per heavy atom. The van der Waals surface area contributed by atoms with Crippen LogP contribution >= 0.6 is 0 Å². The Balaban J connectivity index is 2.63. The van der Waals surface area contributed by atoms with Gasteiger partial charge in [-0.15, -0.1) is 0 Å². The summed E-state index contributed by atoms with van der Waals surface area (Å²) in [6.07, 6.45) is 0.215. The van der Waals surface area contributed by atoms with Crippen molar-refractivity contribution < 1.29 is 19.1 Å². The van der Waals surface area contributed by atoms with Crippen molar-refractivity contribution in [3.63, 3.8) is 0 Å². The van der Waals surface area contributed by atoms with Gasteiger partial charge in [0.05, 0.1) is 12.2 Å². The molecule has 0 saturated heterocycles. The van der Waals surface area contributed by atoms with Gasteiger partial charge in [0.2, 0.25) is 5.78 Å². The number of rotatable bonds is 6. The van der Waals surface area contributed by atoms with Crippen LogP contribution < -0.4 is 5.32 Å². The van der Waals surface area contributed by atoms with Crippen LogP contribution in [0.15, 0.2) is 24.3 Å². The molecule has 5 heteroatoms. The van der Waals surface area contributed by atoms with Crippen molar-refractivity contribution in [1.82, 2.24) is 0 Å². The molecule has 1 aromatic rings. The lowest BCUT2D eigenvalue weighted by atomic mass is 10.1. The molecule has 0 saturated carbocycles. The number of hydrogen-bond donors (Lipinski definition) is 1. The summed E-state index contributed by atoms with van der Waals surface area (Å²) in [4.78, 5) is 34.6. The van der Waals surface area contributed by atoms with Gasteiger partial charge in [-0.3, -0.25) is 9.59 Å². The fraction of sp³-hybridized carbons (Fsp3) is 0.400. The first kappa shape index (κ1) is 15.9. The quantitative estimate of drug-likeness (QED) is 0.640. The molecule has 0 fully saturated rings. The van der Waals surface area contributed by atoms with Gasteiger partial charge in [-0.05, 0) is 37.1 Å². The first-order valence-corrected chi connectivity index (χ1v) is 6.55. The van der Waals surface area contributed by atoms with Crippen molar-refractivity contribution in [3.05, 3.63) is 29.8 Å². The summed E-state index contributed by atoms with van der Waals surface area (Å²) >= 11 is 0. The van der Waals surface area contributed by atoms with E-state index in [2.05, 4.69) is 5.32 Å². The Morgan fingerprint density at radius 3 is 2.25 bits per heavy atom. The van der Waals surface area contributed by atoms with Crippen molar-refractivity contribution >= 4 is 23.3 Å². The number of carbonyl (C=O) groups excluding carboxylic acids is 3. The fourth-order valence-corrected chi connectivity index (χ4v) is 1.57. The standard InChI is InChI=1S/C15H19NO4/c1-4-20-15(19)11-5-7-12(8-6-11)16-14(18)13(17)9-10(2)3/h5-8,10H,4,9H2,1-3H3,(H,16,18). The molecule has 0 radical (unpaired) electrons. The Labute approximate surface area is 118 Å². The molecule has 5 nitrogen and oxygen atoms in total. The fourth-order valence-electron chi connectivity index (χ4n) is 1.57. The molecule has 0 aliphatic carbocycles. The van der Waals surface area contributed by atoms with E-state index in [0.717, 1.165) is 0 Å². The maximum Gasteiger partial charge on any atom is 0.338 e. The Hall–Kier alpha value is -2.17. The number of benzene rings is 1. The van der Waals surface area contributed by atoms with E-state index in [4.69, 9.17) is 4.74 Å². The highest BCUT2D eigenvalue weighted by Gasteiger charge is 2.15. The normalized spacial score (nSPS) is 10.2. The Kier molecular flexibility index (Phi) is 5.90. The minimum Gasteiger partial charge on any atom is -0.462 e. The van der Waals surface area contributed by atoms with Crippen molar-refractivity contribution in [1.29, 1.82) is 0 Å². The van der Waals surface area contributed by atoms with E-state index in [1.807, 2.05) is 13.8 Å². The monoisotopic (exact) mass is 277 g/mol. The van der Waals surface area contributed by atoms with Crippen LogP contribution in [0.3, 0.4) is 0 Å². The van der Waals surface area contributed by atoms with E-state index in [9.17, 15) is 14.4 Å². The lowest BCUT2D eigenvalue weighted by molar-refractivity contribution is -0.135. The largest absolute Gasteiger partial charge is 0.462 e. The van der Waals surface area contributed by atoms with Crippen LogP contribution in [0.5, 0.6) is 0 Å². The van der Waals surface area contributed by atoms with Crippen LogP contribution in [0.1, 0.15) is 37.6 Å². The van der Waals surface area contributed by atoms with Gasteiger partial charge >= 0.3 is 5.97 Å². The van der Waals surface area contributed by atoms with Crippen molar-refractivity contribution in [3.8, 4) is 0 Å². The van der Waals surface area contributed by atoms with Crippen LogP contribution in [-0.4, -0.2) is 24.3 Å². The van der Waals surface area contributed by atoms with Crippen LogP contribution in [-0.2, 0) is 14.3 Å². The van der Waals surface area contributed by atoms with Crippen molar-refractivity contribution in [2.45, 2.75) is 27.2 Å². The third kappa shape index (κ3) is 4.84. The predicted molar refractivity (Wildman–Crippen MR) is 75.5 cm³/mol. The van der Waals surface area contributed by atoms with Crippen molar-refractivity contribution in [2.75, 3.05) is 11.9 Å². The second-order valence-corrected chi connectivity index (χ2v) is 4.77. The van der Waals surface area contributed by atoms with Gasteiger partial charge in [-0.2, -0.15) is 0 Å². The predicted octanol–water partition coefficient (Wildman–Crippen LogP) is 2.42. The molecule has 108 valence electrons. The first-order chi connectivity index (χ1) is 9.43. The minimum absolute atomic E-state index is 0.138. The molecule has 1 amide bonds. The van der Waals surface area contributed by atoms with Gasteiger partial charge in [0.15, 0.2) is 0 Å². The summed E-state index contributed by atoms with van der Waals surface area (Å²) in [5.74, 6) is -1.36. The topological polar surface area (TPSA) is 72.5 Å². The van der Waals surface area contributed by atoms with Gasteiger partial charge in [0.25, 0.3) is 5.91 Å². The first-order valence-electron chi connectivity index (χ1n) is 6.55. The molecule has 0 atom stereocenters. The van der Waals surface area contributed by atoms with E-state index in [0.29, 0.717) is 17.9 Å². The molecular formula is C15H19NO4. The zero-order valence-corrected chi connectivity index (χ0v) is 11.9. The van der Waals surface area contributed by atoms with E-state index >= 15 is 0 Å². The number of ketones is 1. The van der Waals surface area contributed by atoms with E-state index < -0.39 is 17.7 Å². The molecule has 1 N–H and O–H groups in total. The number of anilines is 1. The number of nitrogens with one attached hydrogen (secondary N) is 1. The van der Waals surface area contributed by atoms with Gasteiger partial charge in [0, 0.05) is 12.1 Å². The summed E-state index contributed by atoms with van der Waals surface area (Å²) in [6.45, 7) is 5.78. The zero-order chi connectivity index (χ0) is 15.1. The van der Waals surface area contributed by atoms with E-state index in [1.165, 1.54) is 0 Å². The zero-order valence-electron chi connectivity index (χ0n) is 11.9. The number of Topliss-reactive ketones (excluding diaryl/α,β-unsaturated/α-hetero) is 1. The molecule has 0 bridgehead atoms. The maximum atomic E-state index is 11.6. The van der Waals surface area contributed by atoms with Crippen molar-refractivity contribution in [2.24, 2.45) is 5.92 Å². The maximum absolute atomic E-state index is 11.6. The molecule has 0 unspecified atom stereocenters. The van der Waals surface area contributed by atoms with Crippen LogP contribution in [0.25, 0.3) is 0 Å². The highest BCUT2D eigenvalue weighted by Crippen LogP contribution is 2.11. The molecule has 0 aliphatic rings. The third-order valence-electron chi connectivity index (χ3n) is 2.50. The summed E-state index contributed by atoms with van der Waals surface area (Å²) in [5.41, 5.74) is 0.874. The number of hydrogen-bond acceptors (Lipinski definition) is 4. The molecule has 0 spiro atoms. The van der Waals surface area contributed by atoms with Crippen LogP contribution in [0, 0.1) is 5.92 Å². The van der Waals surface area contributed by atoms with Gasteiger partial charge < -0.3 is 10.1 Å². The second-order valence-electron chi connectivity index (χ2n) is 4.77. The van der Waals surface area contributed by atoms with E-state index in [1.54, 1.807) is 31.2 Å². The number of amides is 1. The lowest BCUT2D eigenvalue weighted by Crippen LogP contribution is -2.23. The molecule has 0 aliphatic heterocycles. The summed E-state index contributed by atoms with van der Waals surface area (Å²) < 4.78 is 4.85. The highest BCUT2D eigenvalue weighted by atomic mass is 16.5. The van der Waals surface area contributed by atoms with Crippen LogP contribution in [0.4, 0.5) is 5.69 Å². The smallest absolute Gasteiger partial charge is 0.338 e. The SMILES string of the molecule is CCOC(=O)c1ccc(NC(=O)C(=O)CC(C)C)cc1. The average Bonchev–Trinajstić information content (AvgIpc) is 2.39. The third-order valence-corrected chi connectivity index (χ3v) is 2.50. The summed E-state index contributed by atoms with van der Waals surface area (Å²) in [5, 5.41) is 2.50. The Bertz CT molecular complexity index is 491. The number of carbonyl (C=O) groups is 3.